The summed E-state index contributed by atoms with van der Waals surface area (Å²) in [6.45, 7) is 10.4. The molecular weight excluding hydrogens is 432 g/mol. The van der Waals surface area contributed by atoms with E-state index < -0.39 is 17.4 Å². The number of nitrogens with one attached hydrogen (secondary N) is 3. The predicted octanol–water partition coefficient (Wildman–Crippen LogP) is 2.36. The first kappa shape index (κ1) is 23.1. The second-order valence-corrected chi connectivity index (χ2v) is 11.6. The molecule has 0 saturated carbocycles. The summed E-state index contributed by atoms with van der Waals surface area (Å²) in [7, 11) is 0. The molecule has 3 N–H and O–H groups in total. The third-order valence-corrected chi connectivity index (χ3v) is 7.44. The molecule has 4 heterocycles. The van der Waals surface area contributed by atoms with Gasteiger partial charge in [0.25, 0.3) is 0 Å². The van der Waals surface area contributed by atoms with Crippen LogP contribution in [0.1, 0.15) is 47.5 Å². The summed E-state index contributed by atoms with van der Waals surface area (Å²) in [6.07, 6.45) is 5.18. The summed E-state index contributed by atoms with van der Waals surface area (Å²) in [4.78, 5) is 40.1. The van der Waals surface area contributed by atoms with Crippen molar-refractivity contribution in [3.8, 4) is 0 Å². The van der Waals surface area contributed by atoms with E-state index in [4.69, 9.17) is 4.74 Å². The van der Waals surface area contributed by atoms with Gasteiger partial charge < -0.3 is 25.6 Å². The topological polar surface area (TPSA) is 99.8 Å². The maximum atomic E-state index is 13.6. The number of rotatable bonds is 4. The van der Waals surface area contributed by atoms with Crippen molar-refractivity contribution < 1.29 is 19.1 Å². The van der Waals surface area contributed by atoms with Gasteiger partial charge in [-0.1, -0.05) is 12.2 Å². The van der Waals surface area contributed by atoms with Crippen LogP contribution in [0, 0.1) is 11.8 Å². The molecule has 4 atom stereocenters. The van der Waals surface area contributed by atoms with Crippen LogP contribution in [0.4, 0.5) is 11.4 Å². The molecule has 182 valence electrons. The molecule has 2 bridgehead atoms. The molecule has 1 aromatic rings. The number of hydrogen-bond acceptors (Lipinski definition) is 5. The molecule has 4 unspecified atom stereocenters. The number of nitrogens with zero attached hydrogens (tertiary/aromatic N) is 1. The monoisotopic (exact) mass is 466 g/mol. The Hall–Kier alpha value is -2.71. The Morgan fingerprint density at radius 3 is 2.35 bits per heavy atom. The van der Waals surface area contributed by atoms with Gasteiger partial charge in [-0.2, -0.15) is 0 Å². The summed E-state index contributed by atoms with van der Waals surface area (Å²) < 4.78 is 6.28. The van der Waals surface area contributed by atoms with Gasteiger partial charge in [0, 0.05) is 35.4 Å². The number of hydrogen-bond donors (Lipinski definition) is 3. The van der Waals surface area contributed by atoms with Gasteiger partial charge in [0.05, 0.1) is 24.5 Å². The Morgan fingerprint density at radius 1 is 1.09 bits per heavy atom. The summed E-state index contributed by atoms with van der Waals surface area (Å²) >= 11 is 0. The normalized spacial score (nSPS) is 33.1. The van der Waals surface area contributed by atoms with E-state index in [1.54, 1.807) is 17.0 Å². The zero-order valence-corrected chi connectivity index (χ0v) is 20.5. The third-order valence-electron chi connectivity index (χ3n) is 7.44. The largest absolute Gasteiger partial charge is 0.360 e. The summed E-state index contributed by atoms with van der Waals surface area (Å²) in [5.74, 6) is -1.42. The van der Waals surface area contributed by atoms with Crippen LogP contribution >= 0.6 is 0 Å². The fourth-order valence-electron chi connectivity index (χ4n) is 6.67. The van der Waals surface area contributed by atoms with E-state index in [0.29, 0.717) is 12.2 Å². The average molecular weight is 467 g/mol. The van der Waals surface area contributed by atoms with Gasteiger partial charge in [0.1, 0.15) is 5.60 Å². The Labute approximate surface area is 200 Å². The Bertz CT molecular complexity index is 1050. The van der Waals surface area contributed by atoms with Crippen molar-refractivity contribution in [2.45, 2.75) is 76.3 Å². The lowest BCUT2D eigenvalue weighted by molar-refractivity contribution is -0.132. The highest BCUT2D eigenvalue weighted by Gasteiger charge is 2.67. The van der Waals surface area contributed by atoms with Crippen LogP contribution in [0.3, 0.4) is 0 Å². The molecule has 3 amide bonds. The minimum absolute atomic E-state index is 0.0340. The molecule has 3 fully saturated rings. The fourth-order valence-corrected chi connectivity index (χ4v) is 6.67. The van der Waals surface area contributed by atoms with E-state index >= 15 is 0 Å². The van der Waals surface area contributed by atoms with Crippen LogP contribution in [0.2, 0.25) is 0 Å². The van der Waals surface area contributed by atoms with Crippen molar-refractivity contribution in [3.63, 3.8) is 0 Å². The molecule has 0 aromatic heterocycles. The first-order valence-corrected chi connectivity index (χ1v) is 12.0. The molecule has 4 aliphatic rings. The number of benzene rings is 1. The maximum absolute atomic E-state index is 13.6. The molecule has 1 spiro atoms. The second-order valence-electron chi connectivity index (χ2n) is 11.6. The van der Waals surface area contributed by atoms with Crippen molar-refractivity contribution in [1.82, 2.24) is 10.6 Å². The molecule has 3 saturated heterocycles. The van der Waals surface area contributed by atoms with E-state index in [1.807, 2.05) is 24.3 Å². The van der Waals surface area contributed by atoms with Crippen LogP contribution < -0.4 is 20.9 Å². The lowest BCUT2D eigenvalue weighted by Gasteiger charge is -2.47. The number of piperidine rings is 1. The smallest absolute Gasteiger partial charge is 0.234 e. The van der Waals surface area contributed by atoms with Crippen LogP contribution in [-0.4, -0.2) is 53.1 Å². The average Bonchev–Trinajstić information content (AvgIpc) is 3.34. The molecule has 8 nitrogen and oxygen atoms in total. The zero-order chi connectivity index (χ0) is 24.5. The van der Waals surface area contributed by atoms with Gasteiger partial charge >= 0.3 is 0 Å². The summed E-state index contributed by atoms with van der Waals surface area (Å²) in [6, 6.07) is 7.20. The molecule has 8 heteroatoms. The van der Waals surface area contributed by atoms with Crippen LogP contribution in [0.5, 0.6) is 0 Å². The number of ether oxygens (including phenoxy) is 1. The standard InChI is InChI=1S/C26H34N4O4/c1-15(31)27-16-6-8-18(9-7-16)30-14-26-11-10-19(34-26)20(21(26)23(30)33)22(32)28-17-12-24(2,3)29-25(4,5)13-17/h6-11,17,19-21,29H,12-14H2,1-5H3,(H,27,31)(H,28,32). The quantitative estimate of drug-likeness (QED) is 0.592. The number of carbonyl (C=O) groups excluding carboxylic acids is 3. The Kier molecular flexibility index (Phi) is 5.19. The molecule has 4 aliphatic heterocycles. The Balaban J connectivity index is 1.34. The van der Waals surface area contributed by atoms with Crippen molar-refractivity contribution in [1.29, 1.82) is 0 Å². The van der Waals surface area contributed by atoms with E-state index in [9.17, 15) is 14.4 Å². The van der Waals surface area contributed by atoms with Crippen molar-refractivity contribution in [3.05, 3.63) is 36.4 Å². The van der Waals surface area contributed by atoms with Crippen molar-refractivity contribution in [2.24, 2.45) is 11.8 Å². The Morgan fingerprint density at radius 2 is 1.74 bits per heavy atom. The highest BCUT2D eigenvalue weighted by molar-refractivity contribution is 6.03. The molecule has 1 aromatic carbocycles. The lowest BCUT2D eigenvalue weighted by atomic mass is 9.75. The first-order chi connectivity index (χ1) is 15.9. The van der Waals surface area contributed by atoms with Gasteiger partial charge in [-0.25, -0.2) is 0 Å². The zero-order valence-electron chi connectivity index (χ0n) is 20.5. The number of carbonyl (C=O) groups is 3. The number of anilines is 2. The summed E-state index contributed by atoms with van der Waals surface area (Å²) in [5.41, 5.74) is 0.449. The highest BCUT2D eigenvalue weighted by Crippen LogP contribution is 2.52. The van der Waals surface area contributed by atoms with E-state index in [1.165, 1.54) is 6.92 Å². The fraction of sp³-hybridized carbons (Fsp3) is 0.577. The van der Waals surface area contributed by atoms with Crippen LogP contribution in [-0.2, 0) is 19.1 Å². The molecule has 5 rings (SSSR count). The van der Waals surface area contributed by atoms with E-state index in [0.717, 1.165) is 18.5 Å². The highest BCUT2D eigenvalue weighted by atomic mass is 16.5. The van der Waals surface area contributed by atoms with Gasteiger partial charge in [-0.15, -0.1) is 0 Å². The lowest BCUT2D eigenvalue weighted by Crippen LogP contribution is -2.62. The first-order valence-electron chi connectivity index (χ1n) is 12.0. The predicted molar refractivity (Wildman–Crippen MR) is 129 cm³/mol. The SMILES string of the molecule is CC(=O)Nc1ccc(N2CC34C=CC(O3)C(C(=O)NC3CC(C)(C)NC(C)(C)C3)C4C2=O)cc1. The van der Waals surface area contributed by atoms with Crippen LogP contribution in [0.15, 0.2) is 36.4 Å². The van der Waals surface area contributed by atoms with Gasteiger partial charge in [0.2, 0.25) is 17.7 Å². The summed E-state index contributed by atoms with van der Waals surface area (Å²) in [5, 5.41) is 9.64. The van der Waals surface area contributed by atoms with Gasteiger partial charge in [0.15, 0.2) is 0 Å². The van der Waals surface area contributed by atoms with Crippen LogP contribution in [0.25, 0.3) is 0 Å². The third kappa shape index (κ3) is 3.92. The van der Waals surface area contributed by atoms with Crippen molar-refractivity contribution in [2.75, 3.05) is 16.8 Å². The number of amides is 3. The maximum Gasteiger partial charge on any atom is 0.234 e. The van der Waals surface area contributed by atoms with E-state index in [2.05, 4.69) is 43.6 Å². The molecule has 0 radical (unpaired) electrons. The van der Waals surface area contributed by atoms with E-state index in [-0.39, 0.29) is 40.9 Å². The molecule has 0 aliphatic carbocycles. The molecular formula is C26H34N4O4. The van der Waals surface area contributed by atoms with Gasteiger partial charge in [-0.3, -0.25) is 14.4 Å². The minimum atomic E-state index is -0.771. The molecule has 34 heavy (non-hydrogen) atoms. The number of fused-ring (bicyclic) bond motifs is 1. The minimum Gasteiger partial charge on any atom is -0.360 e. The van der Waals surface area contributed by atoms with Gasteiger partial charge in [-0.05, 0) is 64.8 Å². The second kappa shape index (κ2) is 7.65. The van der Waals surface area contributed by atoms with Crippen molar-refractivity contribution >= 4 is 29.1 Å².